The van der Waals surface area contributed by atoms with Gasteiger partial charge in [0.1, 0.15) is 5.60 Å². The molecule has 8 heteroatoms. The number of allylic oxidation sites excluding steroid dienone is 2. The highest BCUT2D eigenvalue weighted by molar-refractivity contribution is 6.07. The molecule has 0 spiro atoms. The molecule has 0 radical (unpaired) electrons. The van der Waals surface area contributed by atoms with E-state index in [9.17, 15) is 14.4 Å². The molecule has 0 aromatic carbocycles. The fourth-order valence-electron chi connectivity index (χ4n) is 3.26. The Morgan fingerprint density at radius 1 is 1.07 bits per heavy atom. The summed E-state index contributed by atoms with van der Waals surface area (Å²) in [6.45, 7) is 10.6. The summed E-state index contributed by atoms with van der Waals surface area (Å²) in [5.74, 6) is 0.154. The minimum Gasteiger partial charge on any atom is -0.428 e. The van der Waals surface area contributed by atoms with E-state index >= 15 is 0 Å². The lowest BCUT2D eigenvalue weighted by Gasteiger charge is -2.37. The number of esters is 1. The van der Waals surface area contributed by atoms with E-state index in [4.69, 9.17) is 14.2 Å². The molecule has 8 nitrogen and oxygen atoms in total. The Labute approximate surface area is 171 Å². The second-order valence-electron chi connectivity index (χ2n) is 8.24. The quantitative estimate of drug-likeness (QED) is 0.201. The van der Waals surface area contributed by atoms with Gasteiger partial charge in [-0.25, -0.2) is 19.4 Å². The van der Waals surface area contributed by atoms with E-state index in [1.807, 2.05) is 6.92 Å². The van der Waals surface area contributed by atoms with Crippen molar-refractivity contribution in [1.29, 1.82) is 0 Å². The van der Waals surface area contributed by atoms with Gasteiger partial charge in [-0.2, -0.15) is 0 Å². The van der Waals surface area contributed by atoms with Crippen molar-refractivity contribution in [2.45, 2.75) is 79.1 Å². The summed E-state index contributed by atoms with van der Waals surface area (Å²) >= 11 is 0. The first-order chi connectivity index (χ1) is 13.5. The molecule has 1 atom stereocenters. The van der Waals surface area contributed by atoms with Crippen LogP contribution in [-0.4, -0.2) is 29.8 Å². The molecule has 1 aliphatic carbocycles. The van der Waals surface area contributed by atoms with Gasteiger partial charge in [-0.1, -0.05) is 13.8 Å². The van der Waals surface area contributed by atoms with Crippen LogP contribution in [0.4, 0.5) is 4.79 Å². The second kappa shape index (κ2) is 9.33. The van der Waals surface area contributed by atoms with E-state index in [1.54, 1.807) is 0 Å². The van der Waals surface area contributed by atoms with Gasteiger partial charge in [0, 0.05) is 12.5 Å². The van der Waals surface area contributed by atoms with E-state index < -0.39 is 29.8 Å². The lowest BCUT2D eigenvalue weighted by atomic mass is 9.75. The molecule has 2 aliphatic rings. The third kappa shape index (κ3) is 6.80. The maximum atomic E-state index is 12.1. The van der Waals surface area contributed by atoms with Crippen LogP contribution in [0.2, 0.25) is 0 Å². The molecule has 162 valence electrons. The predicted octanol–water partition coefficient (Wildman–Crippen LogP) is 4.34. The summed E-state index contributed by atoms with van der Waals surface area (Å²) < 4.78 is 15.6. The Hall–Kier alpha value is -2.51. The van der Waals surface area contributed by atoms with Crippen LogP contribution < -0.4 is 0 Å². The van der Waals surface area contributed by atoms with Crippen molar-refractivity contribution < 1.29 is 38.4 Å². The molecule has 2 rings (SSSR count). The topological polar surface area (TPSA) is 104 Å². The van der Waals surface area contributed by atoms with Crippen molar-refractivity contribution in [3.63, 3.8) is 0 Å². The third-order valence-electron chi connectivity index (χ3n) is 5.41. The van der Waals surface area contributed by atoms with Crippen LogP contribution in [0.25, 0.3) is 0 Å². The van der Waals surface area contributed by atoms with E-state index in [-0.39, 0.29) is 17.1 Å². The van der Waals surface area contributed by atoms with Crippen LogP contribution in [0.5, 0.6) is 0 Å². The normalized spacial score (nSPS) is 24.7. The minimum absolute atomic E-state index is 0.0541. The van der Waals surface area contributed by atoms with Gasteiger partial charge in [-0.3, -0.25) is 4.79 Å². The highest BCUT2D eigenvalue weighted by atomic mass is 17.4. The molecule has 29 heavy (non-hydrogen) atoms. The first kappa shape index (κ1) is 22.8. The van der Waals surface area contributed by atoms with Crippen molar-refractivity contribution in [2.24, 2.45) is 11.8 Å². The lowest BCUT2D eigenvalue weighted by molar-refractivity contribution is -0.167. The second-order valence-corrected chi connectivity index (χ2v) is 8.24. The number of hydrogen-bond donors (Lipinski definition) is 0. The molecular weight excluding hydrogens is 380 g/mol. The Morgan fingerprint density at radius 3 is 2.17 bits per heavy atom. The monoisotopic (exact) mass is 410 g/mol. The van der Waals surface area contributed by atoms with Gasteiger partial charge in [-0.05, 0) is 64.4 Å². The van der Waals surface area contributed by atoms with Crippen molar-refractivity contribution in [3.05, 3.63) is 23.2 Å². The summed E-state index contributed by atoms with van der Waals surface area (Å²) in [5.41, 5.74) is -0.282. The first-order valence-corrected chi connectivity index (χ1v) is 9.89. The first-order valence-electron chi connectivity index (χ1n) is 9.89. The zero-order valence-corrected chi connectivity index (χ0v) is 17.9. The zero-order valence-electron chi connectivity index (χ0n) is 17.9. The Kier molecular flexibility index (Phi) is 7.32. The van der Waals surface area contributed by atoms with Crippen LogP contribution in [-0.2, 0) is 33.6 Å². The molecular formula is C21H30O8. The highest BCUT2D eigenvalue weighted by Gasteiger charge is 2.36. The number of carbonyl (C=O) groups excluding carboxylic acids is 3. The molecule has 0 N–H and O–H groups in total. The van der Waals surface area contributed by atoms with Crippen LogP contribution in [0.3, 0.4) is 0 Å². The maximum Gasteiger partial charge on any atom is 0.511 e. The smallest absolute Gasteiger partial charge is 0.428 e. The standard InChI is InChI=1S/C21H30O8/c1-12(2)16-7-9-21(6,10-8-16)27-20(24)26-15(5)25-18(23)13(3)11-17(22)14(4)19-28-29-19/h11-12,15-16H,7-10H2,1-6H3/b13-11+. The third-order valence-corrected chi connectivity index (χ3v) is 5.41. The molecule has 1 unspecified atom stereocenters. The molecule has 1 saturated carbocycles. The molecule has 1 saturated heterocycles. The van der Waals surface area contributed by atoms with Crippen LogP contribution in [0.1, 0.15) is 67.2 Å². The molecule has 0 aromatic heterocycles. The summed E-state index contributed by atoms with van der Waals surface area (Å²) in [7, 11) is 0. The van der Waals surface area contributed by atoms with Crippen molar-refractivity contribution >= 4 is 17.9 Å². The Morgan fingerprint density at radius 2 is 1.66 bits per heavy atom. The number of ether oxygens (including phenoxy) is 3. The maximum absolute atomic E-state index is 12.1. The van der Waals surface area contributed by atoms with E-state index in [0.29, 0.717) is 11.8 Å². The van der Waals surface area contributed by atoms with Crippen LogP contribution in [0, 0.1) is 11.8 Å². The van der Waals surface area contributed by atoms with Gasteiger partial charge in [0.15, 0.2) is 5.78 Å². The number of ketones is 1. The molecule has 0 amide bonds. The summed E-state index contributed by atoms with van der Waals surface area (Å²) in [6, 6.07) is 0. The summed E-state index contributed by atoms with van der Waals surface area (Å²) in [4.78, 5) is 45.0. The zero-order chi connectivity index (χ0) is 21.8. The van der Waals surface area contributed by atoms with Crippen LogP contribution >= 0.6 is 0 Å². The predicted molar refractivity (Wildman–Crippen MR) is 102 cm³/mol. The summed E-state index contributed by atoms with van der Waals surface area (Å²) in [5, 5.41) is 0. The Balaban J connectivity index is 1.80. The van der Waals surface area contributed by atoms with Gasteiger partial charge in [0.05, 0.1) is 5.57 Å². The van der Waals surface area contributed by atoms with Gasteiger partial charge < -0.3 is 14.2 Å². The van der Waals surface area contributed by atoms with Crippen molar-refractivity contribution in [3.8, 4) is 0 Å². The minimum atomic E-state index is -1.15. The van der Waals surface area contributed by atoms with Crippen molar-refractivity contribution in [1.82, 2.24) is 0 Å². The molecule has 2 fully saturated rings. The van der Waals surface area contributed by atoms with E-state index in [1.165, 1.54) is 20.8 Å². The Bertz CT molecular complexity index is 704. The molecule has 1 aliphatic heterocycles. The van der Waals surface area contributed by atoms with Crippen LogP contribution in [0.15, 0.2) is 23.2 Å². The van der Waals surface area contributed by atoms with Gasteiger partial charge >= 0.3 is 18.1 Å². The van der Waals surface area contributed by atoms with E-state index in [2.05, 4.69) is 23.6 Å². The SMILES string of the molecule is CC(C(=O)/C=C(\C)C(=O)OC(C)OC(=O)OC1(C)CCC(C(C)C)CC1)=C1OO1. The van der Waals surface area contributed by atoms with Gasteiger partial charge in [-0.15, -0.1) is 0 Å². The average molecular weight is 410 g/mol. The van der Waals surface area contributed by atoms with Gasteiger partial charge in [0.2, 0.25) is 6.29 Å². The number of rotatable bonds is 7. The highest BCUT2D eigenvalue weighted by Crippen LogP contribution is 2.38. The van der Waals surface area contributed by atoms with Crippen molar-refractivity contribution in [2.75, 3.05) is 0 Å². The molecule has 0 bridgehead atoms. The van der Waals surface area contributed by atoms with Gasteiger partial charge in [0.25, 0.3) is 0 Å². The fraction of sp³-hybridized carbons (Fsp3) is 0.667. The molecule has 1 heterocycles. The lowest BCUT2D eigenvalue weighted by Crippen LogP contribution is -2.38. The van der Waals surface area contributed by atoms with E-state index in [0.717, 1.165) is 31.8 Å². The number of carbonyl (C=O) groups is 3. The molecule has 0 aromatic rings. The number of hydrogen-bond acceptors (Lipinski definition) is 8. The fourth-order valence-corrected chi connectivity index (χ4v) is 3.26. The average Bonchev–Trinajstić information content (AvgIpc) is 3.45. The summed E-state index contributed by atoms with van der Waals surface area (Å²) in [6.07, 6.45) is 2.60. The largest absolute Gasteiger partial charge is 0.511 e.